The van der Waals surface area contributed by atoms with Gasteiger partial charge in [-0.15, -0.1) is 0 Å². The number of nitrogens with two attached hydrogens (primary N) is 1. The Morgan fingerprint density at radius 3 is 2.40 bits per heavy atom. The van der Waals surface area contributed by atoms with Gasteiger partial charge in [-0.3, -0.25) is 9.59 Å². The highest BCUT2D eigenvalue weighted by Gasteiger charge is 2.34. The van der Waals surface area contributed by atoms with E-state index in [1.807, 2.05) is 0 Å². The van der Waals surface area contributed by atoms with Crippen LogP contribution in [0.1, 0.15) is 35.3 Å². The van der Waals surface area contributed by atoms with Crippen LogP contribution in [-0.4, -0.2) is 16.8 Å². The molecule has 108 valence electrons. The van der Waals surface area contributed by atoms with Crippen LogP contribution in [-0.2, 0) is 11.0 Å². The summed E-state index contributed by atoms with van der Waals surface area (Å²) < 4.78 is 37.7. The van der Waals surface area contributed by atoms with Crippen LogP contribution in [0.3, 0.4) is 0 Å². The van der Waals surface area contributed by atoms with E-state index in [-0.39, 0.29) is 11.5 Å². The van der Waals surface area contributed by atoms with Crippen molar-refractivity contribution in [3.8, 4) is 0 Å². The maximum atomic E-state index is 12.6. The lowest BCUT2D eigenvalue weighted by Gasteiger charge is -2.24. The molecular formula is C12H12F3N3O2. The van der Waals surface area contributed by atoms with Gasteiger partial charge in [0.2, 0.25) is 5.91 Å². The molecule has 0 unspecified atom stereocenters. The minimum atomic E-state index is -4.66. The van der Waals surface area contributed by atoms with Gasteiger partial charge in [0.1, 0.15) is 11.5 Å². The van der Waals surface area contributed by atoms with E-state index >= 15 is 0 Å². The van der Waals surface area contributed by atoms with Gasteiger partial charge in [0.25, 0.3) is 5.91 Å². The molecule has 0 aromatic carbocycles. The van der Waals surface area contributed by atoms with Gasteiger partial charge in [0, 0.05) is 5.92 Å². The molecule has 1 saturated carbocycles. The number of halogens is 3. The smallest absolute Gasteiger partial charge is 0.365 e. The van der Waals surface area contributed by atoms with Gasteiger partial charge in [-0.05, 0) is 25.0 Å². The number of anilines is 1. The van der Waals surface area contributed by atoms with Gasteiger partial charge in [0.05, 0.1) is 5.56 Å². The first-order chi connectivity index (χ1) is 9.29. The lowest BCUT2D eigenvalue weighted by Crippen LogP contribution is -2.30. The van der Waals surface area contributed by atoms with Crippen LogP contribution in [0.25, 0.3) is 0 Å². The predicted octanol–water partition coefficient (Wildman–Crippen LogP) is 1.94. The first-order valence-corrected chi connectivity index (χ1v) is 5.98. The molecule has 1 aromatic heterocycles. The summed E-state index contributed by atoms with van der Waals surface area (Å²) in [4.78, 5) is 26.2. The van der Waals surface area contributed by atoms with Gasteiger partial charge in [0.15, 0.2) is 0 Å². The number of alkyl halides is 3. The quantitative estimate of drug-likeness (QED) is 0.890. The Kier molecular flexibility index (Phi) is 3.65. The number of hydrogen-bond donors (Lipinski definition) is 2. The van der Waals surface area contributed by atoms with E-state index in [2.05, 4.69) is 10.3 Å². The number of carbonyl (C=O) groups excluding carboxylic acids is 2. The molecule has 0 atom stereocenters. The van der Waals surface area contributed by atoms with Crippen molar-refractivity contribution in [2.24, 2.45) is 11.7 Å². The Hall–Kier alpha value is -2.12. The van der Waals surface area contributed by atoms with Crippen molar-refractivity contribution in [3.63, 3.8) is 0 Å². The molecule has 1 heterocycles. The third kappa shape index (κ3) is 2.89. The molecule has 1 fully saturated rings. The molecule has 5 nitrogen and oxygen atoms in total. The molecule has 1 aliphatic rings. The minimum absolute atomic E-state index is 0.243. The van der Waals surface area contributed by atoms with E-state index < -0.39 is 29.5 Å². The van der Waals surface area contributed by atoms with Gasteiger partial charge >= 0.3 is 6.18 Å². The SMILES string of the molecule is NC(=O)c1ccc(C(F)(F)F)nc1NC(=O)C1CCC1. The maximum Gasteiger partial charge on any atom is 0.433 e. The molecule has 0 aliphatic heterocycles. The summed E-state index contributed by atoms with van der Waals surface area (Å²) in [6.45, 7) is 0. The third-order valence-electron chi connectivity index (χ3n) is 3.17. The Morgan fingerprint density at radius 2 is 1.95 bits per heavy atom. The highest BCUT2D eigenvalue weighted by molar-refractivity contribution is 6.02. The van der Waals surface area contributed by atoms with Crippen molar-refractivity contribution >= 4 is 17.6 Å². The average Bonchev–Trinajstić information content (AvgIpc) is 2.24. The second-order valence-electron chi connectivity index (χ2n) is 4.57. The molecular weight excluding hydrogens is 275 g/mol. The Balaban J connectivity index is 2.31. The topological polar surface area (TPSA) is 85.1 Å². The van der Waals surface area contributed by atoms with Crippen molar-refractivity contribution in [1.82, 2.24) is 4.98 Å². The fourth-order valence-electron chi connectivity index (χ4n) is 1.80. The zero-order valence-electron chi connectivity index (χ0n) is 10.3. The van der Waals surface area contributed by atoms with Crippen LogP contribution in [0.4, 0.5) is 19.0 Å². The molecule has 0 spiro atoms. The van der Waals surface area contributed by atoms with E-state index in [4.69, 9.17) is 5.73 Å². The fourth-order valence-corrected chi connectivity index (χ4v) is 1.80. The highest BCUT2D eigenvalue weighted by Crippen LogP contribution is 2.31. The van der Waals surface area contributed by atoms with Crippen LogP contribution in [0.5, 0.6) is 0 Å². The van der Waals surface area contributed by atoms with Gasteiger partial charge < -0.3 is 11.1 Å². The van der Waals surface area contributed by atoms with Crippen LogP contribution in [0, 0.1) is 5.92 Å². The number of rotatable bonds is 3. The molecule has 1 aliphatic carbocycles. The number of amides is 2. The Labute approximate surface area is 112 Å². The first-order valence-electron chi connectivity index (χ1n) is 5.98. The zero-order valence-corrected chi connectivity index (χ0v) is 10.3. The van der Waals surface area contributed by atoms with Gasteiger partial charge in [-0.25, -0.2) is 4.98 Å². The molecule has 0 saturated heterocycles. The van der Waals surface area contributed by atoms with E-state index in [0.717, 1.165) is 12.5 Å². The van der Waals surface area contributed by atoms with E-state index in [0.29, 0.717) is 18.9 Å². The average molecular weight is 287 g/mol. The summed E-state index contributed by atoms with van der Waals surface area (Å²) in [7, 11) is 0. The van der Waals surface area contributed by atoms with Crippen molar-refractivity contribution in [3.05, 3.63) is 23.4 Å². The first kappa shape index (κ1) is 14.3. The van der Waals surface area contributed by atoms with Crippen molar-refractivity contribution in [2.45, 2.75) is 25.4 Å². The summed E-state index contributed by atoms with van der Waals surface area (Å²) in [6.07, 6.45) is -2.41. The minimum Gasteiger partial charge on any atom is -0.365 e. The van der Waals surface area contributed by atoms with E-state index in [1.54, 1.807) is 0 Å². The van der Waals surface area contributed by atoms with Gasteiger partial charge in [-0.1, -0.05) is 6.42 Å². The van der Waals surface area contributed by atoms with Crippen molar-refractivity contribution in [2.75, 3.05) is 5.32 Å². The Bertz CT molecular complexity index is 553. The monoisotopic (exact) mass is 287 g/mol. The molecule has 0 bridgehead atoms. The number of aromatic nitrogens is 1. The highest BCUT2D eigenvalue weighted by atomic mass is 19.4. The molecule has 3 N–H and O–H groups in total. The molecule has 20 heavy (non-hydrogen) atoms. The number of hydrogen-bond acceptors (Lipinski definition) is 3. The third-order valence-corrected chi connectivity index (χ3v) is 3.17. The number of primary amides is 1. The largest absolute Gasteiger partial charge is 0.433 e. The second-order valence-corrected chi connectivity index (χ2v) is 4.57. The van der Waals surface area contributed by atoms with Crippen LogP contribution < -0.4 is 11.1 Å². The number of carbonyl (C=O) groups is 2. The lowest BCUT2D eigenvalue weighted by atomic mass is 9.85. The predicted molar refractivity (Wildman–Crippen MR) is 63.7 cm³/mol. The lowest BCUT2D eigenvalue weighted by molar-refractivity contribution is -0.141. The molecule has 8 heteroatoms. The molecule has 0 radical (unpaired) electrons. The van der Waals surface area contributed by atoms with Crippen LogP contribution >= 0.6 is 0 Å². The zero-order chi connectivity index (χ0) is 14.9. The summed E-state index contributed by atoms with van der Waals surface area (Å²) in [6, 6.07) is 1.56. The fraction of sp³-hybridized carbons (Fsp3) is 0.417. The Morgan fingerprint density at radius 1 is 1.30 bits per heavy atom. The standard InChI is InChI=1S/C12H12F3N3O2/c13-12(14,15)8-5-4-7(9(16)19)10(17-8)18-11(20)6-2-1-3-6/h4-6H,1-3H2,(H2,16,19)(H,17,18,20). The number of nitrogens with zero attached hydrogens (tertiary/aromatic N) is 1. The summed E-state index contributed by atoms with van der Waals surface area (Å²) in [5.41, 5.74) is 3.63. The molecule has 2 rings (SSSR count). The number of pyridine rings is 1. The summed E-state index contributed by atoms with van der Waals surface area (Å²) in [5.74, 6) is -2.07. The summed E-state index contributed by atoms with van der Waals surface area (Å²) in [5, 5.41) is 2.26. The van der Waals surface area contributed by atoms with Crippen molar-refractivity contribution in [1.29, 1.82) is 0 Å². The second kappa shape index (κ2) is 5.10. The van der Waals surface area contributed by atoms with E-state index in [9.17, 15) is 22.8 Å². The maximum absolute atomic E-state index is 12.6. The van der Waals surface area contributed by atoms with Crippen LogP contribution in [0.2, 0.25) is 0 Å². The van der Waals surface area contributed by atoms with Crippen LogP contribution in [0.15, 0.2) is 12.1 Å². The summed E-state index contributed by atoms with van der Waals surface area (Å²) >= 11 is 0. The number of nitrogens with one attached hydrogen (secondary N) is 1. The van der Waals surface area contributed by atoms with E-state index in [1.165, 1.54) is 0 Å². The molecule has 1 aromatic rings. The van der Waals surface area contributed by atoms with Crippen molar-refractivity contribution < 1.29 is 22.8 Å². The normalized spacial score (nSPS) is 15.6. The van der Waals surface area contributed by atoms with Gasteiger partial charge in [-0.2, -0.15) is 13.2 Å². The molecule has 2 amide bonds.